The van der Waals surface area contributed by atoms with E-state index in [0.717, 1.165) is 28.4 Å². The molecule has 124 valence electrons. The van der Waals surface area contributed by atoms with Gasteiger partial charge in [0, 0.05) is 6.42 Å². The molecule has 1 amide bonds. The molecule has 0 atom stereocenters. The molecule has 0 unspecified atom stereocenters. The van der Waals surface area contributed by atoms with Gasteiger partial charge in [0.15, 0.2) is 0 Å². The normalized spacial score (nSPS) is 10.8. The Morgan fingerprint density at radius 1 is 1.21 bits per heavy atom. The first kappa shape index (κ1) is 16.3. The zero-order valence-corrected chi connectivity index (χ0v) is 14.4. The largest absolute Gasteiger partial charge is 0.402 e. The van der Waals surface area contributed by atoms with E-state index in [2.05, 4.69) is 32.6 Å². The summed E-state index contributed by atoms with van der Waals surface area (Å²) in [5.74, 6) is 0.260. The Labute approximate surface area is 144 Å². The first-order chi connectivity index (χ1) is 11.6. The quantitative estimate of drug-likeness (QED) is 0.737. The van der Waals surface area contributed by atoms with Crippen molar-refractivity contribution >= 4 is 23.3 Å². The van der Waals surface area contributed by atoms with E-state index in [9.17, 15) is 4.79 Å². The lowest BCUT2D eigenvalue weighted by molar-refractivity contribution is -0.116. The van der Waals surface area contributed by atoms with Gasteiger partial charge >= 0.3 is 6.01 Å². The van der Waals surface area contributed by atoms with Crippen molar-refractivity contribution in [3.63, 3.8) is 0 Å². The van der Waals surface area contributed by atoms with Crippen molar-refractivity contribution in [1.82, 2.24) is 15.2 Å². The fraction of sp³-hybridized carbons (Fsp3) is 0.294. The van der Waals surface area contributed by atoms with Gasteiger partial charge in [-0.25, -0.2) is 4.98 Å². The summed E-state index contributed by atoms with van der Waals surface area (Å²) in [4.78, 5) is 17.1. The summed E-state index contributed by atoms with van der Waals surface area (Å²) in [5.41, 5.74) is 2.07. The van der Waals surface area contributed by atoms with Crippen LogP contribution in [0.2, 0.25) is 0 Å². The SMILES string of the molecule is Cc1nc(C)c(-c2nnc(NC(=O)CCCc3ccccc3)o2)s1. The number of aryl methyl sites for hydroxylation is 3. The average Bonchev–Trinajstić information content (AvgIpc) is 3.14. The lowest BCUT2D eigenvalue weighted by Gasteiger charge is -2.01. The van der Waals surface area contributed by atoms with Crippen molar-refractivity contribution in [1.29, 1.82) is 0 Å². The van der Waals surface area contributed by atoms with E-state index in [1.54, 1.807) is 0 Å². The topological polar surface area (TPSA) is 80.9 Å². The zero-order chi connectivity index (χ0) is 16.9. The molecule has 3 rings (SSSR count). The summed E-state index contributed by atoms with van der Waals surface area (Å²) in [5, 5.41) is 11.4. The number of amides is 1. The maximum atomic E-state index is 12.0. The van der Waals surface area contributed by atoms with Gasteiger partial charge in [0.05, 0.1) is 10.7 Å². The number of anilines is 1. The number of rotatable bonds is 6. The summed E-state index contributed by atoms with van der Waals surface area (Å²) in [6.45, 7) is 3.82. The molecule has 24 heavy (non-hydrogen) atoms. The molecule has 6 nitrogen and oxygen atoms in total. The second-order valence-electron chi connectivity index (χ2n) is 5.45. The van der Waals surface area contributed by atoms with Crippen LogP contribution in [0.4, 0.5) is 6.01 Å². The zero-order valence-electron chi connectivity index (χ0n) is 13.6. The van der Waals surface area contributed by atoms with E-state index in [0.29, 0.717) is 12.3 Å². The third-order valence-electron chi connectivity index (χ3n) is 3.48. The van der Waals surface area contributed by atoms with E-state index < -0.39 is 0 Å². The Kier molecular flexibility index (Phi) is 5.00. The molecule has 0 aliphatic carbocycles. The van der Waals surface area contributed by atoms with Gasteiger partial charge in [-0.05, 0) is 32.3 Å². The lowest BCUT2D eigenvalue weighted by Crippen LogP contribution is -2.11. The Bertz CT molecular complexity index is 826. The van der Waals surface area contributed by atoms with Crippen LogP contribution in [0.5, 0.6) is 0 Å². The number of benzene rings is 1. The standard InChI is InChI=1S/C17H18N4O2S/c1-11-15(24-12(2)18-11)16-20-21-17(23-16)19-14(22)10-6-9-13-7-4-3-5-8-13/h3-5,7-8H,6,9-10H2,1-2H3,(H,19,21,22). The molecule has 7 heteroatoms. The summed E-state index contributed by atoms with van der Waals surface area (Å²) in [7, 11) is 0. The van der Waals surface area contributed by atoms with Crippen molar-refractivity contribution in [2.75, 3.05) is 5.32 Å². The third-order valence-corrected chi connectivity index (χ3v) is 4.54. The number of nitrogens with zero attached hydrogens (tertiary/aromatic N) is 3. The van der Waals surface area contributed by atoms with Gasteiger partial charge in [-0.3, -0.25) is 10.1 Å². The molecule has 0 bridgehead atoms. The van der Waals surface area contributed by atoms with E-state index in [4.69, 9.17) is 4.42 Å². The molecule has 2 heterocycles. The maximum absolute atomic E-state index is 12.0. The van der Waals surface area contributed by atoms with E-state index >= 15 is 0 Å². The minimum atomic E-state index is -0.127. The number of hydrogen-bond acceptors (Lipinski definition) is 6. The molecule has 0 saturated carbocycles. The van der Waals surface area contributed by atoms with Crippen LogP contribution in [0.15, 0.2) is 34.7 Å². The van der Waals surface area contributed by atoms with Crippen molar-refractivity contribution in [3.05, 3.63) is 46.6 Å². The molecule has 0 radical (unpaired) electrons. The molecule has 0 saturated heterocycles. The van der Waals surface area contributed by atoms with Gasteiger partial charge in [0.1, 0.15) is 4.88 Å². The highest BCUT2D eigenvalue weighted by atomic mass is 32.1. The number of carbonyl (C=O) groups is 1. The van der Waals surface area contributed by atoms with Crippen LogP contribution < -0.4 is 5.32 Å². The first-order valence-corrected chi connectivity index (χ1v) is 8.55. The van der Waals surface area contributed by atoms with Crippen LogP contribution in [0.1, 0.15) is 29.1 Å². The lowest BCUT2D eigenvalue weighted by atomic mass is 10.1. The van der Waals surface area contributed by atoms with Crippen molar-refractivity contribution in [3.8, 4) is 10.8 Å². The Balaban J connectivity index is 1.53. The number of hydrogen-bond donors (Lipinski definition) is 1. The number of thiazole rings is 1. The summed E-state index contributed by atoms with van der Waals surface area (Å²) < 4.78 is 5.52. The maximum Gasteiger partial charge on any atom is 0.322 e. The van der Waals surface area contributed by atoms with Gasteiger partial charge in [-0.2, -0.15) is 0 Å². The fourth-order valence-electron chi connectivity index (χ4n) is 2.37. The van der Waals surface area contributed by atoms with Crippen LogP contribution in [0.3, 0.4) is 0 Å². The predicted octanol–water partition coefficient (Wildman–Crippen LogP) is 3.77. The highest BCUT2D eigenvalue weighted by Crippen LogP contribution is 2.29. The van der Waals surface area contributed by atoms with E-state index in [1.165, 1.54) is 16.9 Å². The van der Waals surface area contributed by atoms with Crippen LogP contribution >= 0.6 is 11.3 Å². The highest BCUT2D eigenvalue weighted by Gasteiger charge is 2.16. The monoisotopic (exact) mass is 342 g/mol. The Hall–Kier alpha value is -2.54. The number of nitrogens with one attached hydrogen (secondary N) is 1. The molecular formula is C17H18N4O2S. The van der Waals surface area contributed by atoms with Gasteiger partial charge in [-0.15, -0.1) is 16.4 Å². The summed E-state index contributed by atoms with van der Waals surface area (Å²) >= 11 is 1.49. The first-order valence-electron chi connectivity index (χ1n) is 7.73. The van der Waals surface area contributed by atoms with Crippen molar-refractivity contribution < 1.29 is 9.21 Å². The smallest absolute Gasteiger partial charge is 0.322 e. The second kappa shape index (κ2) is 7.35. The van der Waals surface area contributed by atoms with Gasteiger partial charge in [0.2, 0.25) is 5.91 Å². The van der Waals surface area contributed by atoms with E-state index in [1.807, 2.05) is 32.0 Å². The molecular weight excluding hydrogens is 324 g/mol. The van der Waals surface area contributed by atoms with Gasteiger partial charge in [-0.1, -0.05) is 35.4 Å². The molecule has 1 N–H and O–H groups in total. The Morgan fingerprint density at radius 3 is 2.71 bits per heavy atom. The van der Waals surface area contributed by atoms with Crippen molar-refractivity contribution in [2.24, 2.45) is 0 Å². The van der Waals surface area contributed by atoms with E-state index in [-0.39, 0.29) is 11.9 Å². The average molecular weight is 342 g/mol. The van der Waals surface area contributed by atoms with Gasteiger partial charge in [0.25, 0.3) is 5.89 Å². The third kappa shape index (κ3) is 4.05. The number of carbonyl (C=O) groups excluding carboxylic acids is 1. The molecule has 0 aliphatic rings. The van der Waals surface area contributed by atoms with Crippen molar-refractivity contribution in [2.45, 2.75) is 33.1 Å². The minimum absolute atomic E-state index is 0.125. The second-order valence-corrected chi connectivity index (χ2v) is 6.65. The molecule has 0 fully saturated rings. The summed E-state index contributed by atoms with van der Waals surface area (Å²) in [6.07, 6.45) is 2.04. The van der Waals surface area contributed by atoms with Crippen LogP contribution in [0, 0.1) is 13.8 Å². The van der Waals surface area contributed by atoms with Gasteiger partial charge < -0.3 is 4.42 Å². The van der Waals surface area contributed by atoms with Crippen LogP contribution in [0.25, 0.3) is 10.8 Å². The molecule has 0 spiro atoms. The molecule has 3 aromatic rings. The Morgan fingerprint density at radius 2 is 2.00 bits per heavy atom. The molecule has 0 aliphatic heterocycles. The van der Waals surface area contributed by atoms with Crippen LogP contribution in [-0.2, 0) is 11.2 Å². The predicted molar refractivity (Wildman–Crippen MR) is 92.9 cm³/mol. The summed E-state index contributed by atoms with van der Waals surface area (Å²) in [6, 6.07) is 10.2. The minimum Gasteiger partial charge on any atom is -0.402 e. The number of aromatic nitrogens is 3. The van der Waals surface area contributed by atoms with Crippen LogP contribution in [-0.4, -0.2) is 21.1 Å². The highest BCUT2D eigenvalue weighted by molar-refractivity contribution is 7.15. The molecule has 1 aromatic carbocycles. The fourth-order valence-corrected chi connectivity index (χ4v) is 3.22. The molecule has 2 aromatic heterocycles.